The second-order valence-corrected chi connectivity index (χ2v) is 8.88. The van der Waals surface area contributed by atoms with Gasteiger partial charge in [0.25, 0.3) is 0 Å². The van der Waals surface area contributed by atoms with Gasteiger partial charge in [0.05, 0.1) is 19.8 Å². The van der Waals surface area contributed by atoms with Crippen molar-refractivity contribution in [2.45, 2.75) is 31.3 Å². The number of nitrogens with zero attached hydrogens (tertiary/aromatic N) is 4. The maximum absolute atomic E-state index is 10.9. The molecule has 33 heavy (non-hydrogen) atoms. The molecule has 2 aromatic heterocycles. The summed E-state index contributed by atoms with van der Waals surface area (Å²) in [6, 6.07) is 24.5. The molecular formula is C26H26N4O2S. The summed E-state index contributed by atoms with van der Waals surface area (Å²) in [4.78, 5) is 0. The first-order chi connectivity index (χ1) is 16.2. The Morgan fingerprint density at radius 3 is 2.12 bits per heavy atom. The van der Waals surface area contributed by atoms with Crippen molar-refractivity contribution in [1.29, 1.82) is 0 Å². The molecule has 1 atom stereocenters. The molecule has 3 aromatic carbocycles. The maximum atomic E-state index is 10.9. The highest BCUT2D eigenvalue weighted by Crippen LogP contribution is 2.30. The zero-order valence-electron chi connectivity index (χ0n) is 18.7. The molecule has 0 saturated heterocycles. The zero-order valence-corrected chi connectivity index (χ0v) is 19.5. The number of fused-ring (bicyclic) bond motifs is 3. The summed E-state index contributed by atoms with van der Waals surface area (Å²) in [5.74, 6) is 2.16. The molecule has 0 radical (unpaired) electrons. The largest absolute Gasteiger partial charge is 0.497 e. The summed E-state index contributed by atoms with van der Waals surface area (Å²) in [5.41, 5.74) is 3.27. The summed E-state index contributed by atoms with van der Waals surface area (Å²) in [5, 5.41) is 23.0. The van der Waals surface area contributed by atoms with Gasteiger partial charge >= 0.3 is 0 Å². The lowest BCUT2D eigenvalue weighted by Crippen LogP contribution is -2.18. The zero-order chi connectivity index (χ0) is 22.8. The van der Waals surface area contributed by atoms with Crippen molar-refractivity contribution in [2.24, 2.45) is 0 Å². The van der Waals surface area contributed by atoms with E-state index in [0.29, 0.717) is 12.3 Å². The van der Waals surface area contributed by atoms with Crippen molar-refractivity contribution in [3.8, 4) is 17.1 Å². The number of aliphatic hydroxyl groups is 1. The standard InChI is InChI=1S/C26H26N4O2S/c1-3-29-25(18-12-14-20(32-2)15-13-18)27-28-26(29)33-17-19(31)16-30-23-10-6-4-8-21(23)22-9-5-7-11-24(22)30/h4-15,19,31H,3,16-17H2,1-2H3/t19-/m0/s1. The Morgan fingerprint density at radius 1 is 0.879 bits per heavy atom. The van der Waals surface area contributed by atoms with Crippen molar-refractivity contribution in [1.82, 2.24) is 19.3 Å². The minimum atomic E-state index is -0.527. The monoisotopic (exact) mass is 458 g/mol. The summed E-state index contributed by atoms with van der Waals surface area (Å²) >= 11 is 1.54. The van der Waals surface area contributed by atoms with Crippen LogP contribution in [0.5, 0.6) is 5.75 Å². The van der Waals surface area contributed by atoms with Gasteiger partial charge in [-0.2, -0.15) is 0 Å². The van der Waals surface area contributed by atoms with E-state index in [1.54, 1.807) is 7.11 Å². The number of para-hydroxylation sites is 2. The average Bonchev–Trinajstić information content (AvgIpc) is 3.42. The molecule has 0 spiro atoms. The van der Waals surface area contributed by atoms with Gasteiger partial charge in [-0.1, -0.05) is 48.2 Å². The highest BCUT2D eigenvalue weighted by atomic mass is 32.2. The fourth-order valence-corrected chi connectivity index (χ4v) is 5.19. The van der Waals surface area contributed by atoms with Gasteiger partial charge in [0.15, 0.2) is 11.0 Å². The van der Waals surface area contributed by atoms with Crippen LogP contribution in [0.15, 0.2) is 78.0 Å². The van der Waals surface area contributed by atoms with E-state index in [1.807, 2.05) is 36.4 Å². The molecule has 6 nitrogen and oxygen atoms in total. The van der Waals surface area contributed by atoms with Gasteiger partial charge in [-0.05, 0) is 43.3 Å². The van der Waals surface area contributed by atoms with Gasteiger partial charge < -0.3 is 19.0 Å². The molecule has 5 rings (SSSR count). The number of aromatic nitrogens is 4. The van der Waals surface area contributed by atoms with Crippen LogP contribution in [0.25, 0.3) is 33.2 Å². The van der Waals surface area contributed by atoms with E-state index in [1.165, 1.54) is 22.5 Å². The fourth-order valence-electron chi connectivity index (χ4n) is 4.27. The lowest BCUT2D eigenvalue weighted by atomic mass is 10.2. The fraction of sp³-hybridized carbons (Fsp3) is 0.231. The van der Waals surface area contributed by atoms with Crippen molar-refractivity contribution in [3.63, 3.8) is 0 Å². The number of hydrogen-bond donors (Lipinski definition) is 1. The van der Waals surface area contributed by atoms with Crippen LogP contribution in [0, 0.1) is 0 Å². The predicted molar refractivity (Wildman–Crippen MR) is 134 cm³/mol. The number of ether oxygens (including phenoxy) is 1. The molecule has 1 N–H and O–H groups in total. The van der Waals surface area contributed by atoms with E-state index < -0.39 is 6.10 Å². The Bertz CT molecular complexity index is 1340. The molecule has 168 valence electrons. The highest BCUT2D eigenvalue weighted by Gasteiger charge is 2.17. The van der Waals surface area contributed by atoms with Crippen molar-refractivity contribution >= 4 is 33.6 Å². The Balaban J connectivity index is 1.35. The lowest BCUT2D eigenvalue weighted by Gasteiger charge is -2.14. The third kappa shape index (κ3) is 4.10. The Labute approximate surface area is 196 Å². The minimum Gasteiger partial charge on any atom is -0.497 e. The van der Waals surface area contributed by atoms with Gasteiger partial charge in [-0.15, -0.1) is 10.2 Å². The van der Waals surface area contributed by atoms with Gasteiger partial charge in [0.2, 0.25) is 0 Å². The van der Waals surface area contributed by atoms with Crippen molar-refractivity contribution < 1.29 is 9.84 Å². The van der Waals surface area contributed by atoms with Crippen molar-refractivity contribution in [3.05, 3.63) is 72.8 Å². The predicted octanol–water partition coefficient (Wildman–Crippen LogP) is 5.23. The summed E-state index contributed by atoms with van der Waals surface area (Å²) < 4.78 is 9.55. The van der Waals surface area contributed by atoms with E-state index >= 15 is 0 Å². The van der Waals surface area contributed by atoms with Crippen LogP contribution in [-0.4, -0.2) is 43.4 Å². The van der Waals surface area contributed by atoms with Gasteiger partial charge in [-0.3, -0.25) is 0 Å². The number of methoxy groups -OCH3 is 1. The molecule has 5 aromatic rings. The molecule has 0 unspecified atom stereocenters. The molecule has 0 fully saturated rings. The number of rotatable bonds is 8. The quantitative estimate of drug-likeness (QED) is 0.322. The van der Waals surface area contributed by atoms with Crippen LogP contribution in [0.3, 0.4) is 0 Å². The molecule has 0 aliphatic heterocycles. The van der Waals surface area contributed by atoms with Crippen LogP contribution >= 0.6 is 11.8 Å². The van der Waals surface area contributed by atoms with E-state index in [-0.39, 0.29) is 0 Å². The summed E-state index contributed by atoms with van der Waals surface area (Å²) in [6.07, 6.45) is -0.527. The first-order valence-corrected chi connectivity index (χ1v) is 12.0. The Kier molecular flexibility index (Phi) is 6.07. The normalized spacial score (nSPS) is 12.5. The topological polar surface area (TPSA) is 65.1 Å². The number of thioether (sulfide) groups is 1. The average molecular weight is 459 g/mol. The third-order valence-electron chi connectivity index (χ3n) is 5.86. The van der Waals surface area contributed by atoms with Crippen molar-refractivity contribution in [2.75, 3.05) is 12.9 Å². The van der Waals surface area contributed by atoms with Crippen LogP contribution in [0.1, 0.15) is 6.92 Å². The second kappa shape index (κ2) is 9.29. The summed E-state index contributed by atoms with van der Waals surface area (Å²) in [6.45, 7) is 3.35. The molecule has 0 bridgehead atoms. The van der Waals surface area contributed by atoms with Gasteiger partial charge in [0.1, 0.15) is 5.75 Å². The van der Waals surface area contributed by atoms with Crippen LogP contribution in [0.2, 0.25) is 0 Å². The molecule has 0 amide bonds. The first kappa shape index (κ1) is 21.6. The van der Waals surface area contributed by atoms with Gasteiger partial charge in [0, 0.05) is 39.7 Å². The molecule has 7 heteroatoms. The van der Waals surface area contributed by atoms with E-state index in [2.05, 4.69) is 62.7 Å². The number of benzene rings is 3. The van der Waals surface area contributed by atoms with Gasteiger partial charge in [-0.25, -0.2) is 0 Å². The molecule has 0 aliphatic rings. The highest BCUT2D eigenvalue weighted by molar-refractivity contribution is 7.99. The minimum absolute atomic E-state index is 0.520. The molecule has 0 aliphatic carbocycles. The van der Waals surface area contributed by atoms with Crippen LogP contribution in [0.4, 0.5) is 0 Å². The van der Waals surface area contributed by atoms with E-state index in [9.17, 15) is 5.11 Å². The second-order valence-electron chi connectivity index (χ2n) is 7.89. The smallest absolute Gasteiger partial charge is 0.191 e. The van der Waals surface area contributed by atoms with E-state index in [4.69, 9.17) is 4.74 Å². The third-order valence-corrected chi connectivity index (χ3v) is 6.97. The van der Waals surface area contributed by atoms with Crippen LogP contribution < -0.4 is 4.74 Å². The summed E-state index contributed by atoms with van der Waals surface area (Å²) in [7, 11) is 1.66. The molecule has 2 heterocycles. The van der Waals surface area contributed by atoms with E-state index in [0.717, 1.165) is 39.9 Å². The Hall–Kier alpha value is -3.29. The lowest BCUT2D eigenvalue weighted by molar-refractivity contribution is 0.181. The molecular weight excluding hydrogens is 432 g/mol. The SMILES string of the molecule is CCn1c(SC[C@@H](O)Cn2c3ccccc3c3ccccc32)nnc1-c1ccc(OC)cc1. The van der Waals surface area contributed by atoms with Crippen LogP contribution in [-0.2, 0) is 13.1 Å². The number of hydrogen-bond acceptors (Lipinski definition) is 5. The molecule has 0 saturated carbocycles. The maximum Gasteiger partial charge on any atom is 0.191 e. The Morgan fingerprint density at radius 2 is 1.52 bits per heavy atom. The first-order valence-electron chi connectivity index (χ1n) is 11.0. The number of aliphatic hydroxyl groups excluding tert-OH is 1.